The quantitative estimate of drug-likeness (QED) is 0.196. The van der Waals surface area contributed by atoms with Crippen molar-refractivity contribution >= 4 is 76.6 Å². The first-order valence-corrected chi connectivity index (χ1v) is 16.4. The topological polar surface area (TPSA) is 57.0 Å². The monoisotopic (exact) mass is 627 g/mol. The average molecular weight is 628 g/mol. The minimum absolute atomic E-state index is 0.620. The van der Waals surface area contributed by atoms with Gasteiger partial charge in [-0.05, 0) is 59.3 Å². The molecule has 228 valence electrons. The zero-order valence-corrected chi connectivity index (χ0v) is 26.1. The minimum atomic E-state index is 0.620. The van der Waals surface area contributed by atoms with Gasteiger partial charge in [0.05, 0.1) is 16.7 Å². The van der Waals surface area contributed by atoms with Gasteiger partial charge < -0.3 is 13.4 Å². The molecule has 7 aromatic carbocycles. The van der Waals surface area contributed by atoms with Crippen LogP contribution < -0.4 is 0 Å². The molecule has 4 aromatic heterocycles. The molecule has 0 saturated carbocycles. The predicted molar refractivity (Wildman–Crippen MR) is 199 cm³/mol. The van der Waals surface area contributed by atoms with Crippen LogP contribution in [-0.4, -0.2) is 14.5 Å². The Balaban J connectivity index is 1.15. The lowest BCUT2D eigenvalue weighted by molar-refractivity contribution is 0.666. The summed E-state index contributed by atoms with van der Waals surface area (Å²) in [5.41, 5.74) is 9.81. The highest BCUT2D eigenvalue weighted by Crippen LogP contribution is 2.41. The van der Waals surface area contributed by atoms with E-state index in [1.807, 2.05) is 42.5 Å². The maximum absolute atomic E-state index is 6.82. The van der Waals surface area contributed by atoms with Gasteiger partial charge >= 0.3 is 0 Å². The van der Waals surface area contributed by atoms with E-state index in [4.69, 9.17) is 18.8 Å². The number of hydrogen-bond donors (Lipinski definition) is 0. The van der Waals surface area contributed by atoms with E-state index >= 15 is 0 Å². The van der Waals surface area contributed by atoms with Crippen molar-refractivity contribution in [1.29, 1.82) is 0 Å². The molecule has 11 aromatic rings. The van der Waals surface area contributed by atoms with Gasteiger partial charge in [0, 0.05) is 38.1 Å². The summed E-state index contributed by atoms with van der Waals surface area (Å²) in [5, 5.41) is 7.94. The molecular weight excluding hydrogens is 603 g/mol. The molecule has 5 heteroatoms. The van der Waals surface area contributed by atoms with Crippen molar-refractivity contribution in [2.75, 3.05) is 0 Å². The van der Waals surface area contributed by atoms with Crippen molar-refractivity contribution < 1.29 is 8.83 Å². The fourth-order valence-corrected chi connectivity index (χ4v) is 7.53. The molecule has 0 spiro atoms. The number of aromatic nitrogens is 3. The Morgan fingerprint density at radius 3 is 2.06 bits per heavy atom. The highest BCUT2D eigenvalue weighted by molar-refractivity contribution is 6.16. The van der Waals surface area contributed by atoms with E-state index in [0.717, 1.165) is 72.0 Å². The van der Waals surface area contributed by atoms with Crippen molar-refractivity contribution in [3.05, 3.63) is 152 Å². The second kappa shape index (κ2) is 9.89. The standard InChI is InChI=1S/C44H25N3O2/c1-2-11-26(12-3-1)40-43-41(33-16-7-9-20-38(33)48-43)46-44(45-40)29-21-22-31-32-17-10-19-36(42(32)49-39(31)25-29)47-35-18-8-6-15-30(35)34-23-27-13-4-5-14-28(27)24-37(34)47/h1-25H. The second-order valence-electron chi connectivity index (χ2n) is 12.6. The van der Waals surface area contributed by atoms with Crippen LogP contribution in [0.2, 0.25) is 0 Å². The fraction of sp³-hybridized carbons (Fsp3) is 0. The molecule has 0 radical (unpaired) electrons. The van der Waals surface area contributed by atoms with Crippen molar-refractivity contribution in [3.63, 3.8) is 0 Å². The van der Waals surface area contributed by atoms with Crippen LogP contribution in [0.4, 0.5) is 0 Å². The van der Waals surface area contributed by atoms with E-state index in [-0.39, 0.29) is 0 Å². The van der Waals surface area contributed by atoms with Crippen LogP contribution in [0.15, 0.2) is 160 Å². The van der Waals surface area contributed by atoms with Crippen molar-refractivity contribution in [1.82, 2.24) is 14.5 Å². The largest absolute Gasteiger partial charge is 0.454 e. The summed E-state index contributed by atoms with van der Waals surface area (Å²) in [6.07, 6.45) is 0. The lowest BCUT2D eigenvalue weighted by Gasteiger charge is -2.09. The molecule has 0 aliphatic rings. The smallest absolute Gasteiger partial charge is 0.180 e. The number of hydrogen-bond acceptors (Lipinski definition) is 4. The van der Waals surface area contributed by atoms with E-state index in [0.29, 0.717) is 11.4 Å². The van der Waals surface area contributed by atoms with Gasteiger partial charge in [0.15, 0.2) is 17.0 Å². The van der Waals surface area contributed by atoms with Gasteiger partial charge in [0.2, 0.25) is 0 Å². The van der Waals surface area contributed by atoms with Crippen LogP contribution in [0.5, 0.6) is 0 Å². The molecule has 0 amide bonds. The molecule has 0 saturated heterocycles. The normalized spacial score (nSPS) is 12.1. The Morgan fingerprint density at radius 1 is 0.429 bits per heavy atom. The lowest BCUT2D eigenvalue weighted by Crippen LogP contribution is -1.94. The number of benzene rings is 7. The van der Waals surface area contributed by atoms with E-state index in [9.17, 15) is 0 Å². The molecule has 5 nitrogen and oxygen atoms in total. The van der Waals surface area contributed by atoms with Crippen LogP contribution >= 0.6 is 0 Å². The second-order valence-corrected chi connectivity index (χ2v) is 12.6. The zero-order chi connectivity index (χ0) is 32.1. The average Bonchev–Trinajstić information content (AvgIpc) is 3.83. The summed E-state index contributed by atoms with van der Waals surface area (Å²) in [4.78, 5) is 10.2. The highest BCUT2D eigenvalue weighted by atomic mass is 16.3. The maximum atomic E-state index is 6.82. The molecule has 0 aliphatic heterocycles. The highest BCUT2D eigenvalue weighted by Gasteiger charge is 2.21. The Labute approximate surface area is 279 Å². The van der Waals surface area contributed by atoms with Gasteiger partial charge in [-0.25, -0.2) is 9.97 Å². The van der Waals surface area contributed by atoms with Gasteiger partial charge in [0.25, 0.3) is 0 Å². The maximum Gasteiger partial charge on any atom is 0.180 e. The minimum Gasteiger partial charge on any atom is -0.454 e. The summed E-state index contributed by atoms with van der Waals surface area (Å²) >= 11 is 0. The van der Waals surface area contributed by atoms with Gasteiger partial charge in [0.1, 0.15) is 22.4 Å². The van der Waals surface area contributed by atoms with Gasteiger partial charge in [-0.2, -0.15) is 0 Å². The summed E-state index contributed by atoms with van der Waals surface area (Å²) in [5.74, 6) is 0.620. The Kier molecular flexibility index (Phi) is 5.32. The summed E-state index contributed by atoms with van der Waals surface area (Å²) < 4.78 is 15.5. The molecular formula is C44H25N3O2. The third kappa shape index (κ3) is 3.81. The van der Waals surface area contributed by atoms with Crippen LogP contribution in [0.1, 0.15) is 0 Å². The molecule has 11 rings (SSSR count). The zero-order valence-electron chi connectivity index (χ0n) is 26.1. The van der Waals surface area contributed by atoms with Crippen molar-refractivity contribution in [3.8, 4) is 28.3 Å². The molecule has 0 aliphatic carbocycles. The van der Waals surface area contributed by atoms with Gasteiger partial charge in [-0.15, -0.1) is 0 Å². The molecule has 0 N–H and O–H groups in total. The van der Waals surface area contributed by atoms with Crippen LogP contribution in [0, 0.1) is 0 Å². The molecule has 0 bridgehead atoms. The van der Waals surface area contributed by atoms with Crippen molar-refractivity contribution in [2.24, 2.45) is 0 Å². The summed E-state index contributed by atoms with van der Waals surface area (Å²) in [6.45, 7) is 0. The number of rotatable bonds is 3. The lowest BCUT2D eigenvalue weighted by atomic mass is 10.1. The first kappa shape index (κ1) is 26.4. The third-order valence-electron chi connectivity index (χ3n) is 9.78. The summed E-state index contributed by atoms with van der Waals surface area (Å²) in [7, 11) is 0. The molecule has 0 unspecified atom stereocenters. The fourth-order valence-electron chi connectivity index (χ4n) is 7.53. The van der Waals surface area contributed by atoms with E-state index in [1.54, 1.807) is 0 Å². The Morgan fingerprint density at radius 2 is 1.16 bits per heavy atom. The number of furan rings is 2. The van der Waals surface area contributed by atoms with E-state index in [2.05, 4.69) is 114 Å². The predicted octanol–water partition coefficient (Wildman–Crippen LogP) is 11.9. The Bertz CT molecular complexity index is 3110. The Hall–Kier alpha value is -6.72. The van der Waals surface area contributed by atoms with Gasteiger partial charge in [-0.1, -0.05) is 103 Å². The van der Waals surface area contributed by atoms with E-state index < -0.39 is 0 Å². The number of para-hydroxylation sites is 3. The van der Waals surface area contributed by atoms with Crippen LogP contribution in [0.3, 0.4) is 0 Å². The molecule has 0 atom stereocenters. The van der Waals surface area contributed by atoms with Crippen LogP contribution in [0.25, 0.3) is 105 Å². The SMILES string of the molecule is c1ccc(-c2nc(-c3ccc4c(c3)oc3c(-n5c6ccccc6c6cc7ccccc7cc65)cccc34)nc3c2oc2ccccc23)cc1. The number of fused-ring (bicyclic) bond motifs is 10. The molecule has 49 heavy (non-hydrogen) atoms. The first-order valence-electron chi connectivity index (χ1n) is 16.4. The molecule has 0 fully saturated rings. The first-order chi connectivity index (χ1) is 24.3. The molecule has 4 heterocycles. The third-order valence-corrected chi connectivity index (χ3v) is 9.78. The van der Waals surface area contributed by atoms with E-state index in [1.165, 1.54) is 21.5 Å². The van der Waals surface area contributed by atoms with Crippen LogP contribution in [-0.2, 0) is 0 Å². The van der Waals surface area contributed by atoms with Gasteiger partial charge in [-0.3, -0.25) is 0 Å². The van der Waals surface area contributed by atoms with Crippen molar-refractivity contribution in [2.45, 2.75) is 0 Å². The summed E-state index contributed by atoms with van der Waals surface area (Å²) in [6, 6.07) is 52.6. The number of nitrogens with zero attached hydrogens (tertiary/aromatic N) is 3.